The number of nitrogens with zero attached hydrogens (tertiary/aromatic N) is 2. The molecule has 5 N–H and O–H groups in total. The van der Waals surface area contributed by atoms with Crippen molar-refractivity contribution < 1.29 is 4.39 Å². The van der Waals surface area contributed by atoms with Gasteiger partial charge in [0.15, 0.2) is 5.82 Å². The van der Waals surface area contributed by atoms with Crippen molar-refractivity contribution in [1.82, 2.24) is 15.6 Å². The van der Waals surface area contributed by atoms with E-state index in [4.69, 9.17) is 5.84 Å². The molecule has 0 unspecified atom stereocenters. The van der Waals surface area contributed by atoms with E-state index in [0.717, 1.165) is 21.2 Å². The molecule has 0 radical (unpaired) electrons. The van der Waals surface area contributed by atoms with Gasteiger partial charge in [-0.2, -0.15) is 5.10 Å². The van der Waals surface area contributed by atoms with Crippen molar-refractivity contribution in [3.05, 3.63) is 56.7 Å². The van der Waals surface area contributed by atoms with Crippen molar-refractivity contribution in [1.29, 1.82) is 0 Å². The lowest BCUT2D eigenvalue weighted by molar-refractivity contribution is 0.623. The number of aromatic amines is 1. The van der Waals surface area contributed by atoms with E-state index >= 15 is 0 Å². The number of aromatic nitrogens is 2. The molecule has 0 saturated carbocycles. The maximum absolute atomic E-state index is 13.3. The van der Waals surface area contributed by atoms with Crippen LogP contribution in [0, 0.1) is 5.82 Å². The van der Waals surface area contributed by atoms with Crippen molar-refractivity contribution >= 4 is 54.4 Å². The second-order valence-corrected chi connectivity index (χ2v) is 6.68. The first-order chi connectivity index (χ1) is 12.0. The quantitative estimate of drug-likeness (QED) is 0.198. The number of hydrazine groups is 1. The Bertz CT molecular complexity index is 893. The van der Waals surface area contributed by atoms with Gasteiger partial charge in [-0.25, -0.2) is 10.2 Å². The fraction of sp³-hybridized carbons (Fsp3) is 0.125. The predicted molar refractivity (Wildman–Crippen MR) is 107 cm³/mol. The molecule has 2 aromatic carbocycles. The number of hydrogen-bond acceptors (Lipinski definition) is 4. The van der Waals surface area contributed by atoms with Crippen LogP contribution in [0.25, 0.3) is 10.9 Å². The van der Waals surface area contributed by atoms with E-state index < -0.39 is 0 Å². The third-order valence-corrected chi connectivity index (χ3v) is 4.29. The van der Waals surface area contributed by atoms with Gasteiger partial charge in [-0.3, -0.25) is 10.1 Å². The standard InChI is InChI=1S/C8H9BrFN3.C8H8BrN3/c1-12-8(13-11)6-3-2-5(9)4-7(6)10;1-10-8-6-3-2-5(9)4-7(6)11-12-8/h2-4H,11H2,1H3,(H,12,13);2-4H,1H3,(H2,10,11,12). The van der Waals surface area contributed by atoms with Crippen molar-refractivity contribution in [2.45, 2.75) is 0 Å². The Balaban J connectivity index is 0.000000181. The highest BCUT2D eigenvalue weighted by Crippen LogP contribution is 2.23. The van der Waals surface area contributed by atoms with Gasteiger partial charge in [0.1, 0.15) is 11.7 Å². The molecule has 0 atom stereocenters. The number of nitrogens with one attached hydrogen (secondary N) is 3. The lowest BCUT2D eigenvalue weighted by Gasteiger charge is -2.05. The topological polar surface area (TPSA) is 91.1 Å². The first-order valence-corrected chi connectivity index (χ1v) is 8.79. The van der Waals surface area contributed by atoms with Gasteiger partial charge in [0.2, 0.25) is 0 Å². The summed E-state index contributed by atoms with van der Waals surface area (Å²) in [6, 6.07) is 10.7. The Labute approximate surface area is 161 Å². The van der Waals surface area contributed by atoms with Crippen LogP contribution in [0.5, 0.6) is 0 Å². The van der Waals surface area contributed by atoms with Crippen molar-refractivity contribution in [2.75, 3.05) is 19.4 Å². The minimum absolute atomic E-state index is 0.324. The highest BCUT2D eigenvalue weighted by Gasteiger charge is 2.07. The summed E-state index contributed by atoms with van der Waals surface area (Å²) in [6.45, 7) is 0. The van der Waals surface area contributed by atoms with Crippen LogP contribution < -0.4 is 16.6 Å². The van der Waals surface area contributed by atoms with Gasteiger partial charge in [0.25, 0.3) is 0 Å². The van der Waals surface area contributed by atoms with E-state index in [0.29, 0.717) is 15.9 Å². The fourth-order valence-corrected chi connectivity index (χ4v) is 2.82. The van der Waals surface area contributed by atoms with Gasteiger partial charge in [-0.05, 0) is 36.4 Å². The zero-order valence-electron chi connectivity index (χ0n) is 13.6. The largest absolute Gasteiger partial charge is 0.371 e. The first kappa shape index (κ1) is 19.4. The van der Waals surface area contributed by atoms with Crippen LogP contribution in [0.2, 0.25) is 0 Å². The fourth-order valence-electron chi connectivity index (χ4n) is 2.13. The number of hydrogen-bond donors (Lipinski definition) is 4. The van der Waals surface area contributed by atoms with Crippen molar-refractivity contribution in [3.8, 4) is 0 Å². The maximum Gasteiger partial charge on any atom is 0.155 e. The molecule has 3 rings (SSSR count). The zero-order chi connectivity index (χ0) is 18.4. The van der Waals surface area contributed by atoms with E-state index in [2.05, 4.69) is 57.8 Å². The molecule has 0 fully saturated rings. The molecule has 3 aromatic rings. The molecular formula is C16H17Br2FN6. The minimum atomic E-state index is -0.368. The van der Waals surface area contributed by atoms with Gasteiger partial charge in [-0.1, -0.05) is 31.9 Å². The summed E-state index contributed by atoms with van der Waals surface area (Å²) in [5, 5.41) is 11.2. The number of nitrogens with two attached hydrogens (primary N) is 1. The van der Waals surface area contributed by atoms with Crippen LogP contribution in [0.15, 0.2) is 50.3 Å². The summed E-state index contributed by atoms with van der Waals surface area (Å²) in [6.07, 6.45) is 0. The number of rotatable bonds is 2. The van der Waals surface area contributed by atoms with Gasteiger partial charge >= 0.3 is 0 Å². The van der Waals surface area contributed by atoms with Crippen molar-refractivity contribution in [3.63, 3.8) is 0 Å². The molecule has 0 bridgehead atoms. The second-order valence-electron chi connectivity index (χ2n) is 4.85. The highest BCUT2D eigenvalue weighted by atomic mass is 79.9. The summed E-state index contributed by atoms with van der Waals surface area (Å²) < 4.78 is 15.0. The molecule has 0 aliphatic carbocycles. The number of halogens is 3. The molecule has 6 nitrogen and oxygen atoms in total. The number of H-pyrrole nitrogens is 1. The Morgan fingerprint density at radius 1 is 1.20 bits per heavy atom. The third-order valence-electron chi connectivity index (χ3n) is 3.31. The SMILES string of the molecule is CN=C(NN)c1ccc(Br)cc1F.CNc1n[nH]c2cc(Br)ccc12. The minimum Gasteiger partial charge on any atom is -0.371 e. The van der Waals surface area contributed by atoms with Gasteiger partial charge in [-0.15, -0.1) is 0 Å². The van der Waals surface area contributed by atoms with E-state index in [1.54, 1.807) is 12.1 Å². The number of fused-ring (bicyclic) bond motifs is 1. The molecule has 0 amide bonds. The zero-order valence-corrected chi connectivity index (χ0v) is 16.7. The first-order valence-electron chi connectivity index (χ1n) is 7.20. The molecule has 9 heteroatoms. The van der Waals surface area contributed by atoms with E-state index in [-0.39, 0.29) is 5.82 Å². The summed E-state index contributed by atoms with van der Waals surface area (Å²) in [7, 11) is 3.40. The second kappa shape index (κ2) is 8.93. The lowest BCUT2D eigenvalue weighted by Crippen LogP contribution is -2.31. The summed E-state index contributed by atoms with van der Waals surface area (Å²) in [5.41, 5.74) is 3.71. The lowest BCUT2D eigenvalue weighted by atomic mass is 10.2. The number of anilines is 1. The molecule has 0 aliphatic heterocycles. The molecule has 0 aliphatic rings. The van der Waals surface area contributed by atoms with Crippen LogP contribution in [-0.2, 0) is 0 Å². The Kier molecular flexibility index (Phi) is 6.91. The molecule has 25 heavy (non-hydrogen) atoms. The van der Waals surface area contributed by atoms with Crippen molar-refractivity contribution in [2.24, 2.45) is 10.8 Å². The van der Waals surface area contributed by atoms with Crippen LogP contribution in [0.4, 0.5) is 10.2 Å². The normalized spacial score (nSPS) is 11.0. The summed E-state index contributed by atoms with van der Waals surface area (Å²) in [5.74, 6) is 6.01. The van der Waals surface area contributed by atoms with Gasteiger partial charge in [0, 0.05) is 28.4 Å². The molecule has 1 aromatic heterocycles. The number of amidine groups is 1. The van der Waals surface area contributed by atoms with E-state index in [1.165, 1.54) is 13.1 Å². The smallest absolute Gasteiger partial charge is 0.155 e. The number of aliphatic imine (C=N–C) groups is 1. The molecule has 1 heterocycles. The Morgan fingerprint density at radius 2 is 1.88 bits per heavy atom. The summed E-state index contributed by atoms with van der Waals surface area (Å²) >= 11 is 6.55. The van der Waals surface area contributed by atoms with E-state index in [9.17, 15) is 4.39 Å². The monoisotopic (exact) mass is 470 g/mol. The molecule has 0 spiro atoms. The van der Waals surface area contributed by atoms with Gasteiger partial charge in [0.05, 0.1) is 11.1 Å². The van der Waals surface area contributed by atoms with E-state index in [1.807, 2.05) is 25.2 Å². The average Bonchev–Trinajstić information content (AvgIpc) is 3.00. The average molecular weight is 472 g/mol. The van der Waals surface area contributed by atoms with Gasteiger partial charge < -0.3 is 10.7 Å². The molecule has 132 valence electrons. The maximum atomic E-state index is 13.3. The van der Waals surface area contributed by atoms with Crippen LogP contribution in [-0.4, -0.2) is 30.1 Å². The molecule has 0 saturated heterocycles. The number of benzene rings is 2. The molecular weight excluding hydrogens is 455 g/mol. The highest BCUT2D eigenvalue weighted by molar-refractivity contribution is 9.10. The Hall–Kier alpha value is -1.97. The predicted octanol–water partition coefficient (Wildman–Crippen LogP) is 3.80. The third kappa shape index (κ3) is 4.77. The van der Waals surface area contributed by atoms with Crippen LogP contribution >= 0.6 is 31.9 Å². The Morgan fingerprint density at radius 3 is 2.48 bits per heavy atom. The van der Waals surface area contributed by atoms with Crippen LogP contribution in [0.3, 0.4) is 0 Å². The summed E-state index contributed by atoms with van der Waals surface area (Å²) in [4.78, 5) is 3.79. The van der Waals surface area contributed by atoms with Crippen LogP contribution in [0.1, 0.15) is 5.56 Å².